The normalized spacial score (nSPS) is 17.2. The molecular weight excluding hydrogens is 301 g/mol. The Morgan fingerprint density at radius 1 is 1.26 bits per heavy atom. The van der Waals surface area contributed by atoms with Gasteiger partial charge in [0.15, 0.2) is 0 Å². The highest BCUT2D eigenvalue weighted by Gasteiger charge is 2.31. The number of nitroso groups, excluding NO2 is 1. The van der Waals surface area contributed by atoms with Crippen LogP contribution in [0, 0.1) is 10.7 Å². The Labute approximate surface area is 131 Å². The summed E-state index contributed by atoms with van der Waals surface area (Å²) in [6.07, 6.45) is -0.914. The highest BCUT2D eigenvalue weighted by molar-refractivity contribution is 5.90. The smallest absolute Gasteiger partial charge is 0.414 e. The van der Waals surface area contributed by atoms with E-state index in [4.69, 9.17) is 10.5 Å². The number of cyclic esters (lactones) is 1. The van der Waals surface area contributed by atoms with Gasteiger partial charge in [-0.05, 0) is 41.1 Å². The highest BCUT2D eigenvalue weighted by Crippen LogP contribution is 2.29. The Morgan fingerprint density at radius 2 is 2.00 bits per heavy atom. The van der Waals surface area contributed by atoms with Gasteiger partial charge in [-0.2, -0.15) is 0 Å². The number of carbonyl (C=O) groups is 1. The first-order valence-corrected chi connectivity index (χ1v) is 7.04. The third-order valence-electron chi connectivity index (χ3n) is 3.69. The van der Waals surface area contributed by atoms with Crippen molar-refractivity contribution in [1.29, 1.82) is 0 Å². The molecule has 0 radical (unpaired) electrons. The topological polar surface area (TPSA) is 85.0 Å². The van der Waals surface area contributed by atoms with Crippen LogP contribution in [0.1, 0.15) is 0 Å². The fraction of sp³-hybridized carbons (Fsp3) is 0.188. The molecule has 1 heterocycles. The molecule has 0 saturated carbocycles. The molecule has 2 aromatic rings. The van der Waals surface area contributed by atoms with Gasteiger partial charge in [0.1, 0.15) is 17.6 Å². The van der Waals surface area contributed by atoms with E-state index in [-0.39, 0.29) is 18.3 Å². The van der Waals surface area contributed by atoms with Gasteiger partial charge in [-0.25, -0.2) is 9.18 Å². The van der Waals surface area contributed by atoms with E-state index in [1.807, 2.05) is 0 Å². The van der Waals surface area contributed by atoms with Crippen LogP contribution in [0.4, 0.5) is 20.6 Å². The van der Waals surface area contributed by atoms with Gasteiger partial charge in [-0.15, -0.1) is 4.91 Å². The summed E-state index contributed by atoms with van der Waals surface area (Å²) in [5.41, 5.74) is 7.16. The van der Waals surface area contributed by atoms with Crippen LogP contribution in [0.5, 0.6) is 0 Å². The summed E-state index contributed by atoms with van der Waals surface area (Å²) in [6.45, 7) is 0.522. The first-order chi connectivity index (χ1) is 11.1. The fourth-order valence-corrected chi connectivity index (χ4v) is 2.46. The molecule has 0 spiro atoms. The summed E-state index contributed by atoms with van der Waals surface area (Å²) in [5.74, 6) is -0.474. The van der Waals surface area contributed by atoms with E-state index in [1.54, 1.807) is 24.3 Å². The number of nitrogens with zero attached hydrogens (tertiary/aromatic N) is 2. The predicted molar refractivity (Wildman–Crippen MR) is 84.0 cm³/mol. The van der Waals surface area contributed by atoms with Crippen LogP contribution in [-0.4, -0.2) is 25.3 Å². The first-order valence-electron chi connectivity index (χ1n) is 7.04. The average molecular weight is 315 g/mol. The molecule has 1 saturated heterocycles. The summed E-state index contributed by atoms with van der Waals surface area (Å²) in [4.78, 5) is 23.5. The van der Waals surface area contributed by atoms with Crippen molar-refractivity contribution in [2.45, 2.75) is 6.10 Å². The fourth-order valence-electron chi connectivity index (χ4n) is 2.46. The molecule has 2 aromatic carbocycles. The largest absolute Gasteiger partial charge is 0.443 e. The number of carbonyl (C=O) groups excluding carboxylic acids is 1. The van der Waals surface area contributed by atoms with E-state index in [2.05, 4.69) is 5.18 Å². The molecule has 118 valence electrons. The number of hydrogen-bond acceptors (Lipinski definition) is 5. The second-order valence-corrected chi connectivity index (χ2v) is 5.15. The van der Waals surface area contributed by atoms with Crippen molar-refractivity contribution in [3.63, 3.8) is 0 Å². The molecular formula is C16H14FN3O3. The van der Waals surface area contributed by atoms with Crippen molar-refractivity contribution < 1.29 is 13.9 Å². The van der Waals surface area contributed by atoms with Crippen LogP contribution < -0.4 is 10.6 Å². The molecule has 0 bridgehead atoms. The number of ether oxygens (including phenoxy) is 1. The third kappa shape index (κ3) is 2.91. The lowest BCUT2D eigenvalue weighted by Crippen LogP contribution is -2.27. The van der Waals surface area contributed by atoms with Crippen molar-refractivity contribution in [3.8, 4) is 11.1 Å². The minimum absolute atomic E-state index is 0.222. The lowest BCUT2D eigenvalue weighted by Gasteiger charge is -2.14. The minimum Gasteiger partial charge on any atom is -0.443 e. The Balaban J connectivity index is 1.88. The molecule has 1 aliphatic heterocycles. The monoisotopic (exact) mass is 315 g/mol. The van der Waals surface area contributed by atoms with Crippen molar-refractivity contribution in [2.24, 2.45) is 10.9 Å². The second kappa shape index (κ2) is 6.13. The molecule has 2 N–H and O–H groups in total. The standard InChI is InChI=1S/C16H14FN3O3/c17-15-7-12(20-9-13(8-18)23-16(20)21)5-6-14(15)10-1-3-11(19-22)4-2-10/h1-7,13H,8-9,18H2. The molecule has 1 fully saturated rings. The highest BCUT2D eigenvalue weighted by atomic mass is 19.1. The van der Waals surface area contributed by atoms with Crippen LogP contribution in [0.3, 0.4) is 0 Å². The third-order valence-corrected chi connectivity index (χ3v) is 3.69. The molecule has 6 nitrogen and oxygen atoms in total. The van der Waals surface area contributed by atoms with Gasteiger partial charge < -0.3 is 10.5 Å². The van der Waals surface area contributed by atoms with E-state index < -0.39 is 11.9 Å². The number of anilines is 1. The molecule has 23 heavy (non-hydrogen) atoms. The van der Waals surface area contributed by atoms with Gasteiger partial charge in [0.25, 0.3) is 0 Å². The zero-order valence-corrected chi connectivity index (χ0v) is 12.1. The number of halogens is 1. The number of nitrogens with two attached hydrogens (primary N) is 1. The van der Waals surface area contributed by atoms with Crippen LogP contribution in [0.25, 0.3) is 11.1 Å². The van der Waals surface area contributed by atoms with Gasteiger partial charge >= 0.3 is 6.09 Å². The Morgan fingerprint density at radius 3 is 2.57 bits per heavy atom. The molecule has 3 rings (SSSR count). The number of benzene rings is 2. The van der Waals surface area contributed by atoms with Crippen molar-refractivity contribution in [3.05, 3.63) is 53.2 Å². The van der Waals surface area contributed by atoms with Crippen LogP contribution in [0.15, 0.2) is 47.6 Å². The summed E-state index contributed by atoms with van der Waals surface area (Å²) in [6, 6.07) is 10.8. The predicted octanol–water partition coefficient (Wildman–Crippen LogP) is 3.17. The van der Waals surface area contributed by atoms with Gasteiger partial charge in [0.2, 0.25) is 0 Å². The maximum atomic E-state index is 14.4. The van der Waals surface area contributed by atoms with Crippen molar-refractivity contribution in [2.75, 3.05) is 18.0 Å². The molecule has 0 aliphatic carbocycles. The maximum Gasteiger partial charge on any atom is 0.414 e. The molecule has 1 unspecified atom stereocenters. The van der Waals surface area contributed by atoms with Gasteiger partial charge in [-0.3, -0.25) is 4.90 Å². The van der Waals surface area contributed by atoms with E-state index in [1.165, 1.54) is 23.1 Å². The number of rotatable bonds is 4. The Hall–Kier alpha value is -2.80. The number of hydrogen-bond donors (Lipinski definition) is 1. The first kappa shape index (κ1) is 15.1. The van der Waals surface area contributed by atoms with E-state index in [9.17, 15) is 14.1 Å². The van der Waals surface area contributed by atoms with Crippen molar-refractivity contribution >= 4 is 17.5 Å². The molecule has 0 aromatic heterocycles. The van der Waals surface area contributed by atoms with Crippen LogP contribution >= 0.6 is 0 Å². The van der Waals surface area contributed by atoms with E-state index in [0.29, 0.717) is 23.4 Å². The average Bonchev–Trinajstić information content (AvgIpc) is 2.96. The molecule has 7 heteroatoms. The second-order valence-electron chi connectivity index (χ2n) is 5.15. The SMILES string of the molecule is NCC1CN(c2ccc(-c3ccc(N=O)cc3)c(F)c2)C(=O)O1. The lowest BCUT2D eigenvalue weighted by molar-refractivity contribution is 0.145. The molecule has 1 aliphatic rings. The Kier molecular flexibility index (Phi) is 4.03. The van der Waals surface area contributed by atoms with E-state index in [0.717, 1.165) is 0 Å². The minimum atomic E-state index is -0.533. The molecule has 1 amide bonds. The van der Waals surface area contributed by atoms with Gasteiger partial charge in [0.05, 0.1) is 12.2 Å². The van der Waals surface area contributed by atoms with Crippen LogP contribution in [-0.2, 0) is 4.74 Å². The zero-order valence-electron chi connectivity index (χ0n) is 12.1. The lowest BCUT2D eigenvalue weighted by atomic mass is 10.0. The summed E-state index contributed by atoms with van der Waals surface area (Å²) in [7, 11) is 0. The maximum absolute atomic E-state index is 14.4. The quantitative estimate of drug-likeness (QED) is 0.878. The zero-order chi connectivity index (χ0) is 16.4. The Bertz CT molecular complexity index is 749. The van der Waals surface area contributed by atoms with Gasteiger partial charge in [-0.1, -0.05) is 12.1 Å². The van der Waals surface area contributed by atoms with E-state index >= 15 is 0 Å². The van der Waals surface area contributed by atoms with Crippen molar-refractivity contribution in [1.82, 2.24) is 0 Å². The number of amides is 1. The molecule has 1 atom stereocenters. The summed E-state index contributed by atoms with van der Waals surface area (Å²) < 4.78 is 19.4. The summed E-state index contributed by atoms with van der Waals surface area (Å²) >= 11 is 0. The summed E-state index contributed by atoms with van der Waals surface area (Å²) in [5, 5.41) is 2.81. The van der Waals surface area contributed by atoms with Crippen LogP contribution in [0.2, 0.25) is 0 Å². The van der Waals surface area contributed by atoms with Gasteiger partial charge in [0, 0.05) is 12.1 Å².